The Kier molecular flexibility index (Phi) is 5.84. The van der Waals surface area contributed by atoms with Gasteiger partial charge in [0, 0.05) is 5.92 Å². The number of aromatic nitrogens is 4. The van der Waals surface area contributed by atoms with Crippen LogP contribution in [0, 0.1) is 20.8 Å². The Labute approximate surface area is 177 Å². The molecule has 1 aromatic heterocycles. The molecule has 0 N–H and O–H groups in total. The van der Waals surface area contributed by atoms with E-state index in [1.165, 1.54) is 16.7 Å². The number of hydrogen-bond donors (Lipinski definition) is 0. The monoisotopic (exact) mass is 394 g/mol. The van der Waals surface area contributed by atoms with E-state index in [2.05, 4.69) is 115 Å². The summed E-state index contributed by atoms with van der Waals surface area (Å²) in [6, 6.07) is 25.2. The van der Waals surface area contributed by atoms with Gasteiger partial charge in [-0.05, 0) is 59.9 Å². The van der Waals surface area contributed by atoms with Crippen LogP contribution in [0.5, 0.6) is 0 Å². The maximum atomic E-state index is 4.47. The van der Waals surface area contributed by atoms with E-state index in [-0.39, 0.29) is 5.92 Å². The molecule has 4 aromatic rings. The molecule has 1 atom stereocenters. The second-order valence-corrected chi connectivity index (χ2v) is 7.70. The molecule has 4 rings (SSSR count). The van der Waals surface area contributed by atoms with Gasteiger partial charge in [0.15, 0.2) is 5.82 Å². The van der Waals surface area contributed by atoms with Crippen molar-refractivity contribution in [2.75, 3.05) is 0 Å². The van der Waals surface area contributed by atoms with Crippen molar-refractivity contribution in [2.24, 2.45) is 0 Å². The Bertz CT molecular complexity index is 1140. The molecule has 4 heteroatoms. The van der Waals surface area contributed by atoms with Crippen LogP contribution in [0.3, 0.4) is 0 Å². The van der Waals surface area contributed by atoms with Gasteiger partial charge in [-0.25, -0.2) is 0 Å². The molecule has 0 radical (unpaired) electrons. The van der Waals surface area contributed by atoms with Crippen LogP contribution in [0.15, 0.2) is 78.9 Å². The fourth-order valence-corrected chi connectivity index (χ4v) is 3.89. The number of hydrogen-bond acceptors (Lipinski definition) is 3. The maximum Gasteiger partial charge on any atom is 0.164 e. The van der Waals surface area contributed by atoms with Gasteiger partial charge in [-0.3, -0.25) is 0 Å². The Morgan fingerprint density at radius 2 is 1.60 bits per heavy atom. The molecule has 0 aliphatic heterocycles. The minimum atomic E-state index is 0.0545. The summed E-state index contributed by atoms with van der Waals surface area (Å²) in [7, 11) is 0. The first-order valence-corrected chi connectivity index (χ1v) is 10.3. The summed E-state index contributed by atoms with van der Waals surface area (Å²) in [5, 5.41) is 12.9. The van der Waals surface area contributed by atoms with Crippen molar-refractivity contribution >= 4 is 6.08 Å². The van der Waals surface area contributed by atoms with Crippen LogP contribution in [-0.4, -0.2) is 20.2 Å². The van der Waals surface area contributed by atoms with E-state index in [4.69, 9.17) is 0 Å². The largest absolute Gasteiger partial charge is 0.196 e. The molecule has 0 saturated carbocycles. The molecule has 0 spiro atoms. The first kappa shape index (κ1) is 19.8. The number of benzene rings is 3. The zero-order valence-corrected chi connectivity index (χ0v) is 17.7. The van der Waals surface area contributed by atoms with E-state index in [1.807, 2.05) is 10.7 Å². The number of rotatable bonds is 6. The summed E-state index contributed by atoms with van der Waals surface area (Å²) in [6.07, 6.45) is 5.19. The Morgan fingerprint density at radius 1 is 0.867 bits per heavy atom. The summed E-state index contributed by atoms with van der Waals surface area (Å²) in [5.41, 5.74) is 7.01. The Hall–Kier alpha value is -3.53. The molecule has 1 unspecified atom stereocenters. The van der Waals surface area contributed by atoms with Crippen LogP contribution >= 0.6 is 0 Å². The predicted octanol–water partition coefficient (Wildman–Crippen LogP) is 5.82. The van der Waals surface area contributed by atoms with Gasteiger partial charge in [-0.15, -0.1) is 5.10 Å². The van der Waals surface area contributed by atoms with Gasteiger partial charge in [0.05, 0.1) is 5.69 Å². The van der Waals surface area contributed by atoms with E-state index in [9.17, 15) is 0 Å². The van der Waals surface area contributed by atoms with Crippen molar-refractivity contribution in [3.05, 3.63) is 113 Å². The smallest absolute Gasteiger partial charge is 0.164 e. The molecule has 0 saturated heterocycles. The Morgan fingerprint density at radius 3 is 2.33 bits per heavy atom. The van der Waals surface area contributed by atoms with Crippen LogP contribution < -0.4 is 0 Å². The number of tetrazole rings is 1. The first-order chi connectivity index (χ1) is 14.6. The molecule has 0 fully saturated rings. The molecule has 150 valence electrons. The zero-order chi connectivity index (χ0) is 20.9. The predicted molar refractivity (Wildman–Crippen MR) is 122 cm³/mol. The summed E-state index contributed by atoms with van der Waals surface area (Å²) in [4.78, 5) is 0. The van der Waals surface area contributed by atoms with Crippen molar-refractivity contribution in [3.8, 4) is 5.69 Å². The number of allylic oxidation sites excluding steroid dienone is 1. The lowest BCUT2D eigenvalue weighted by Crippen LogP contribution is -2.12. The van der Waals surface area contributed by atoms with Gasteiger partial charge < -0.3 is 0 Å². The lowest BCUT2D eigenvalue weighted by atomic mass is 9.93. The van der Waals surface area contributed by atoms with Crippen molar-refractivity contribution in [3.63, 3.8) is 0 Å². The highest BCUT2D eigenvalue weighted by Crippen LogP contribution is 2.30. The lowest BCUT2D eigenvalue weighted by molar-refractivity contribution is 0.696. The van der Waals surface area contributed by atoms with E-state index in [1.54, 1.807) is 0 Å². The van der Waals surface area contributed by atoms with Crippen LogP contribution in [0.1, 0.15) is 46.0 Å². The van der Waals surface area contributed by atoms with Crippen molar-refractivity contribution in [1.82, 2.24) is 20.2 Å². The molecule has 4 nitrogen and oxygen atoms in total. The highest BCUT2D eigenvalue weighted by Gasteiger charge is 2.22. The third-order valence-corrected chi connectivity index (χ3v) is 5.38. The van der Waals surface area contributed by atoms with Gasteiger partial charge >= 0.3 is 0 Å². The second kappa shape index (κ2) is 8.87. The van der Waals surface area contributed by atoms with Crippen molar-refractivity contribution in [2.45, 2.75) is 33.1 Å². The maximum absolute atomic E-state index is 4.47. The normalized spacial score (nSPS) is 12.4. The van der Waals surface area contributed by atoms with E-state index >= 15 is 0 Å². The van der Waals surface area contributed by atoms with E-state index in [0.717, 1.165) is 29.1 Å². The fourth-order valence-electron chi connectivity index (χ4n) is 3.89. The summed E-state index contributed by atoms with van der Waals surface area (Å²) < 4.78 is 1.91. The van der Waals surface area contributed by atoms with Crippen LogP contribution in [0.2, 0.25) is 0 Å². The molecule has 0 amide bonds. The van der Waals surface area contributed by atoms with Crippen molar-refractivity contribution in [1.29, 1.82) is 0 Å². The van der Waals surface area contributed by atoms with E-state index in [0.29, 0.717) is 0 Å². The fraction of sp³-hybridized carbons (Fsp3) is 0.192. The van der Waals surface area contributed by atoms with Crippen LogP contribution in [0.25, 0.3) is 11.8 Å². The van der Waals surface area contributed by atoms with E-state index < -0.39 is 0 Å². The van der Waals surface area contributed by atoms with Crippen LogP contribution in [0.4, 0.5) is 0 Å². The lowest BCUT2D eigenvalue weighted by Gasteiger charge is -2.18. The van der Waals surface area contributed by atoms with Gasteiger partial charge in [0.1, 0.15) is 0 Å². The minimum absolute atomic E-state index is 0.0545. The Balaban J connectivity index is 1.76. The SMILES string of the molecule is Cc1cccc(C(CC=Cc2ccccc2)c2nnnn2-c2c(C)cccc2C)c1. The van der Waals surface area contributed by atoms with Gasteiger partial charge in [-0.1, -0.05) is 90.5 Å². The topological polar surface area (TPSA) is 43.6 Å². The molecule has 0 bridgehead atoms. The van der Waals surface area contributed by atoms with Gasteiger partial charge in [-0.2, -0.15) is 4.68 Å². The number of nitrogens with zero attached hydrogens (tertiary/aromatic N) is 4. The average Bonchev–Trinajstić information content (AvgIpc) is 3.21. The highest BCUT2D eigenvalue weighted by atomic mass is 15.5. The molecule has 30 heavy (non-hydrogen) atoms. The third kappa shape index (κ3) is 4.23. The van der Waals surface area contributed by atoms with Crippen molar-refractivity contribution < 1.29 is 0 Å². The van der Waals surface area contributed by atoms with Gasteiger partial charge in [0.2, 0.25) is 0 Å². The first-order valence-electron chi connectivity index (χ1n) is 10.3. The average molecular weight is 395 g/mol. The summed E-state index contributed by atoms with van der Waals surface area (Å²) in [6.45, 7) is 6.32. The summed E-state index contributed by atoms with van der Waals surface area (Å²) in [5.74, 6) is 0.912. The zero-order valence-electron chi connectivity index (χ0n) is 17.7. The third-order valence-electron chi connectivity index (χ3n) is 5.38. The molecular weight excluding hydrogens is 368 g/mol. The standard InChI is InChI=1S/C26H26N4/c1-19-10-7-16-23(18-19)24(17-9-15-22-13-5-4-6-14-22)26-27-28-29-30(26)25-20(2)11-8-12-21(25)3/h4-16,18,24H,17H2,1-3H3. The molecule has 3 aromatic carbocycles. The second-order valence-electron chi connectivity index (χ2n) is 7.70. The molecule has 0 aliphatic carbocycles. The van der Waals surface area contributed by atoms with Crippen LogP contribution in [-0.2, 0) is 0 Å². The summed E-state index contributed by atoms with van der Waals surface area (Å²) >= 11 is 0. The molecule has 0 aliphatic rings. The number of para-hydroxylation sites is 1. The highest BCUT2D eigenvalue weighted by molar-refractivity contribution is 5.50. The quantitative estimate of drug-likeness (QED) is 0.414. The molecular formula is C26H26N4. The molecule has 1 heterocycles. The minimum Gasteiger partial charge on any atom is -0.196 e. The van der Waals surface area contributed by atoms with Gasteiger partial charge in [0.25, 0.3) is 0 Å². The number of aryl methyl sites for hydroxylation is 3.